The van der Waals surface area contributed by atoms with Crippen LogP contribution in [0.15, 0.2) is 12.3 Å². The third-order valence-electron chi connectivity index (χ3n) is 2.10. The van der Waals surface area contributed by atoms with E-state index in [0.717, 1.165) is 0 Å². The van der Waals surface area contributed by atoms with E-state index in [4.69, 9.17) is 16.9 Å². The number of nitriles is 1. The van der Waals surface area contributed by atoms with Gasteiger partial charge in [-0.25, -0.2) is 4.98 Å². The molecule has 0 aliphatic rings. The van der Waals surface area contributed by atoms with Gasteiger partial charge in [0, 0.05) is 25.2 Å². The second-order valence-corrected chi connectivity index (χ2v) is 4.41. The molecular formula is C12H15ClN4O. The minimum atomic E-state index is -0.0370. The lowest BCUT2D eigenvalue weighted by Gasteiger charge is -2.10. The standard InChI is InChI=1S/C12H15ClN4O/c1-8(2)17-10(18)4-6-16-12-11(13)9(7-14)3-5-15-12/h3,5,8H,4,6H2,1-2H3,(H,15,16)(H,17,18). The molecule has 0 unspecified atom stereocenters. The van der Waals surface area contributed by atoms with Crippen LogP contribution in [0, 0.1) is 11.3 Å². The molecule has 0 aliphatic heterocycles. The molecule has 0 aliphatic carbocycles. The minimum Gasteiger partial charge on any atom is -0.368 e. The van der Waals surface area contributed by atoms with Gasteiger partial charge in [0.2, 0.25) is 5.91 Å². The van der Waals surface area contributed by atoms with E-state index in [1.807, 2.05) is 19.9 Å². The van der Waals surface area contributed by atoms with Crippen LogP contribution >= 0.6 is 11.6 Å². The topological polar surface area (TPSA) is 77.8 Å². The minimum absolute atomic E-state index is 0.0370. The second kappa shape index (κ2) is 6.82. The van der Waals surface area contributed by atoms with Crippen molar-refractivity contribution in [3.63, 3.8) is 0 Å². The van der Waals surface area contributed by atoms with Gasteiger partial charge in [0.1, 0.15) is 16.9 Å². The normalized spacial score (nSPS) is 9.94. The first-order chi connectivity index (χ1) is 8.54. The van der Waals surface area contributed by atoms with Gasteiger partial charge in [0.15, 0.2) is 0 Å². The van der Waals surface area contributed by atoms with Crippen LogP contribution in [0.3, 0.4) is 0 Å². The number of pyridine rings is 1. The highest BCUT2D eigenvalue weighted by molar-refractivity contribution is 6.34. The first-order valence-corrected chi connectivity index (χ1v) is 6.00. The lowest BCUT2D eigenvalue weighted by molar-refractivity contribution is -0.121. The highest BCUT2D eigenvalue weighted by Gasteiger charge is 2.08. The summed E-state index contributed by atoms with van der Waals surface area (Å²) in [5.41, 5.74) is 0.362. The van der Waals surface area contributed by atoms with E-state index in [2.05, 4.69) is 15.6 Å². The number of hydrogen-bond acceptors (Lipinski definition) is 4. The number of carbonyl (C=O) groups excluding carboxylic acids is 1. The molecule has 18 heavy (non-hydrogen) atoms. The molecule has 1 aromatic heterocycles. The van der Waals surface area contributed by atoms with E-state index < -0.39 is 0 Å². The van der Waals surface area contributed by atoms with Crippen molar-refractivity contribution in [2.24, 2.45) is 0 Å². The summed E-state index contributed by atoms with van der Waals surface area (Å²) in [6.07, 6.45) is 1.83. The summed E-state index contributed by atoms with van der Waals surface area (Å²) in [5.74, 6) is 0.387. The van der Waals surface area contributed by atoms with Crippen LogP contribution in [0.25, 0.3) is 0 Å². The van der Waals surface area contributed by atoms with Crippen molar-refractivity contribution in [2.45, 2.75) is 26.3 Å². The monoisotopic (exact) mass is 266 g/mol. The fourth-order valence-electron chi connectivity index (χ4n) is 1.34. The summed E-state index contributed by atoms with van der Waals surface area (Å²) in [4.78, 5) is 15.4. The largest absolute Gasteiger partial charge is 0.368 e. The Kier molecular flexibility index (Phi) is 5.40. The number of nitrogens with zero attached hydrogens (tertiary/aromatic N) is 2. The van der Waals surface area contributed by atoms with Crippen LogP contribution < -0.4 is 10.6 Å². The van der Waals surface area contributed by atoms with Gasteiger partial charge in [-0.3, -0.25) is 4.79 Å². The van der Waals surface area contributed by atoms with Gasteiger partial charge < -0.3 is 10.6 Å². The summed E-state index contributed by atoms with van der Waals surface area (Å²) in [7, 11) is 0. The van der Waals surface area contributed by atoms with Gasteiger partial charge in [0.05, 0.1) is 5.56 Å². The molecule has 0 bridgehead atoms. The molecule has 1 amide bonds. The van der Waals surface area contributed by atoms with Gasteiger partial charge in [-0.1, -0.05) is 11.6 Å². The molecule has 0 radical (unpaired) electrons. The van der Waals surface area contributed by atoms with Crippen molar-refractivity contribution in [3.05, 3.63) is 22.8 Å². The molecule has 2 N–H and O–H groups in total. The summed E-state index contributed by atoms with van der Waals surface area (Å²) >= 11 is 5.96. The molecule has 1 heterocycles. The van der Waals surface area contributed by atoms with Crippen LogP contribution in [0.4, 0.5) is 5.82 Å². The van der Waals surface area contributed by atoms with E-state index in [-0.39, 0.29) is 17.0 Å². The van der Waals surface area contributed by atoms with Crippen LogP contribution in [-0.2, 0) is 4.79 Å². The van der Waals surface area contributed by atoms with Gasteiger partial charge >= 0.3 is 0 Å². The molecule has 0 atom stereocenters. The van der Waals surface area contributed by atoms with Gasteiger partial charge in [0.25, 0.3) is 0 Å². The third kappa shape index (κ3) is 4.22. The number of anilines is 1. The fraction of sp³-hybridized carbons (Fsp3) is 0.417. The number of halogens is 1. The molecule has 5 nitrogen and oxygen atoms in total. The molecule has 0 saturated carbocycles. The molecule has 1 aromatic rings. The van der Waals surface area contributed by atoms with Crippen molar-refractivity contribution in [2.75, 3.05) is 11.9 Å². The van der Waals surface area contributed by atoms with Gasteiger partial charge in [-0.2, -0.15) is 5.26 Å². The number of amides is 1. The molecule has 96 valence electrons. The molecule has 1 rings (SSSR count). The summed E-state index contributed by atoms with van der Waals surface area (Å²) < 4.78 is 0. The van der Waals surface area contributed by atoms with E-state index in [0.29, 0.717) is 24.3 Å². The average Bonchev–Trinajstić information content (AvgIpc) is 2.30. The van der Waals surface area contributed by atoms with Crippen molar-refractivity contribution < 1.29 is 4.79 Å². The van der Waals surface area contributed by atoms with E-state index in [9.17, 15) is 4.79 Å². The molecule has 0 spiro atoms. The maximum atomic E-state index is 11.4. The quantitative estimate of drug-likeness (QED) is 0.854. The molecule has 0 fully saturated rings. The van der Waals surface area contributed by atoms with Crippen LogP contribution in [0.2, 0.25) is 5.02 Å². The highest BCUT2D eigenvalue weighted by Crippen LogP contribution is 2.22. The first-order valence-electron chi connectivity index (χ1n) is 5.62. The van der Waals surface area contributed by atoms with Crippen molar-refractivity contribution in [3.8, 4) is 6.07 Å². The SMILES string of the molecule is CC(C)NC(=O)CCNc1nccc(C#N)c1Cl. The van der Waals surface area contributed by atoms with E-state index >= 15 is 0 Å². The fourth-order valence-corrected chi connectivity index (χ4v) is 1.56. The highest BCUT2D eigenvalue weighted by atomic mass is 35.5. The number of carbonyl (C=O) groups is 1. The first kappa shape index (κ1) is 14.3. The Morgan fingerprint density at radius 1 is 1.61 bits per heavy atom. The van der Waals surface area contributed by atoms with Crippen molar-refractivity contribution >= 4 is 23.3 Å². The zero-order valence-electron chi connectivity index (χ0n) is 10.3. The van der Waals surface area contributed by atoms with Crippen LogP contribution in [-0.4, -0.2) is 23.5 Å². The number of hydrogen-bond donors (Lipinski definition) is 2. The van der Waals surface area contributed by atoms with Gasteiger partial charge in [-0.05, 0) is 19.9 Å². The zero-order valence-corrected chi connectivity index (χ0v) is 11.1. The molecule has 0 aromatic carbocycles. The Morgan fingerprint density at radius 2 is 2.33 bits per heavy atom. The molecular weight excluding hydrogens is 252 g/mol. The number of aromatic nitrogens is 1. The Labute approximate surface area is 111 Å². The molecule has 6 heteroatoms. The third-order valence-corrected chi connectivity index (χ3v) is 2.49. The van der Waals surface area contributed by atoms with Crippen LogP contribution in [0.5, 0.6) is 0 Å². The van der Waals surface area contributed by atoms with Crippen LogP contribution in [0.1, 0.15) is 25.8 Å². The molecule has 0 saturated heterocycles. The maximum Gasteiger partial charge on any atom is 0.221 e. The predicted molar refractivity (Wildman–Crippen MR) is 70.3 cm³/mol. The predicted octanol–water partition coefficient (Wildman–Crippen LogP) is 1.93. The average molecular weight is 267 g/mol. The summed E-state index contributed by atoms with van der Waals surface area (Å²) in [6.45, 7) is 4.22. The summed E-state index contributed by atoms with van der Waals surface area (Å²) in [6, 6.07) is 3.64. The number of nitrogens with one attached hydrogen (secondary N) is 2. The Hall–Kier alpha value is -1.80. The van der Waals surface area contributed by atoms with E-state index in [1.54, 1.807) is 6.07 Å². The zero-order chi connectivity index (χ0) is 13.5. The maximum absolute atomic E-state index is 11.4. The smallest absolute Gasteiger partial charge is 0.221 e. The van der Waals surface area contributed by atoms with Crippen molar-refractivity contribution in [1.29, 1.82) is 5.26 Å². The summed E-state index contributed by atoms with van der Waals surface area (Å²) in [5, 5.41) is 14.8. The Bertz CT molecular complexity index is 468. The lowest BCUT2D eigenvalue weighted by Crippen LogP contribution is -2.31. The van der Waals surface area contributed by atoms with Gasteiger partial charge in [-0.15, -0.1) is 0 Å². The Morgan fingerprint density at radius 3 is 2.94 bits per heavy atom. The Balaban J connectivity index is 2.50. The van der Waals surface area contributed by atoms with E-state index in [1.165, 1.54) is 6.20 Å². The number of rotatable bonds is 5. The van der Waals surface area contributed by atoms with Crippen molar-refractivity contribution in [1.82, 2.24) is 10.3 Å². The lowest BCUT2D eigenvalue weighted by atomic mass is 10.3. The second-order valence-electron chi connectivity index (χ2n) is 4.03.